The van der Waals surface area contributed by atoms with E-state index < -0.39 is 0 Å². The fourth-order valence-corrected chi connectivity index (χ4v) is 1.79. The van der Waals surface area contributed by atoms with Crippen LogP contribution in [0.15, 0.2) is 53.3 Å². The Morgan fingerprint density at radius 2 is 1.67 bits per heavy atom. The third kappa shape index (κ3) is 2.40. The molecule has 0 atom stereocenters. The smallest absolute Gasteiger partial charge is 0.205 e. The first kappa shape index (κ1) is 12.3. The minimum atomic E-state index is -0.0948. The SMILES string of the molecule is CC1=C(C)C(=O)C(NCc2ccccc2)=CC1=O. The lowest BCUT2D eigenvalue weighted by Gasteiger charge is -2.15. The van der Waals surface area contributed by atoms with Crippen molar-refractivity contribution >= 4 is 11.6 Å². The average Bonchev–Trinajstić information content (AvgIpc) is 2.40. The summed E-state index contributed by atoms with van der Waals surface area (Å²) < 4.78 is 0. The molecule has 0 spiro atoms. The van der Waals surface area contributed by atoms with Crippen molar-refractivity contribution in [2.45, 2.75) is 20.4 Å². The molecule has 0 aliphatic heterocycles. The van der Waals surface area contributed by atoms with Crippen LogP contribution in [0.3, 0.4) is 0 Å². The van der Waals surface area contributed by atoms with Crippen molar-refractivity contribution in [3.05, 3.63) is 58.8 Å². The number of Topliss-reactive ketones (excluding diaryl/α,β-unsaturated/α-hetero) is 1. The second kappa shape index (κ2) is 5.00. The maximum absolute atomic E-state index is 12.0. The van der Waals surface area contributed by atoms with E-state index in [1.165, 1.54) is 6.08 Å². The number of rotatable bonds is 3. The summed E-state index contributed by atoms with van der Waals surface area (Å²) in [5, 5.41) is 3.03. The van der Waals surface area contributed by atoms with E-state index in [9.17, 15) is 9.59 Å². The molecule has 1 aromatic carbocycles. The summed E-state index contributed by atoms with van der Waals surface area (Å²) in [6.45, 7) is 3.91. The van der Waals surface area contributed by atoms with Gasteiger partial charge in [-0.3, -0.25) is 9.59 Å². The molecule has 0 unspecified atom stereocenters. The average molecular weight is 241 g/mol. The second-order valence-corrected chi connectivity index (χ2v) is 4.34. The summed E-state index contributed by atoms with van der Waals surface area (Å²) in [4.78, 5) is 23.6. The van der Waals surface area contributed by atoms with E-state index in [1.54, 1.807) is 13.8 Å². The van der Waals surface area contributed by atoms with Crippen molar-refractivity contribution in [3.63, 3.8) is 0 Å². The summed E-state index contributed by atoms with van der Waals surface area (Å²) in [5.74, 6) is -0.189. The Balaban J connectivity index is 2.10. The fraction of sp³-hybridized carbons (Fsp3) is 0.200. The fourth-order valence-electron chi connectivity index (χ4n) is 1.79. The van der Waals surface area contributed by atoms with Crippen LogP contribution in [0.5, 0.6) is 0 Å². The minimum Gasteiger partial charge on any atom is -0.378 e. The van der Waals surface area contributed by atoms with Crippen LogP contribution in [0, 0.1) is 0 Å². The summed E-state index contributed by atoms with van der Waals surface area (Å²) in [7, 11) is 0. The van der Waals surface area contributed by atoms with Crippen molar-refractivity contribution in [2.24, 2.45) is 0 Å². The molecule has 1 N–H and O–H groups in total. The lowest BCUT2D eigenvalue weighted by atomic mass is 9.95. The summed E-state index contributed by atoms with van der Waals surface area (Å²) in [6, 6.07) is 9.75. The van der Waals surface area contributed by atoms with Crippen LogP contribution in [-0.2, 0) is 16.1 Å². The normalized spacial score (nSPS) is 15.8. The maximum Gasteiger partial charge on any atom is 0.205 e. The van der Waals surface area contributed by atoms with Gasteiger partial charge >= 0.3 is 0 Å². The highest BCUT2D eigenvalue weighted by Crippen LogP contribution is 2.17. The van der Waals surface area contributed by atoms with E-state index in [0.717, 1.165) is 5.56 Å². The first-order valence-electron chi connectivity index (χ1n) is 5.85. The molecule has 0 aromatic heterocycles. The molecule has 92 valence electrons. The number of ketones is 2. The van der Waals surface area contributed by atoms with Crippen molar-refractivity contribution < 1.29 is 9.59 Å². The van der Waals surface area contributed by atoms with E-state index in [4.69, 9.17) is 0 Å². The van der Waals surface area contributed by atoms with Crippen molar-refractivity contribution in [1.29, 1.82) is 0 Å². The van der Waals surface area contributed by atoms with E-state index >= 15 is 0 Å². The Morgan fingerprint density at radius 1 is 1.00 bits per heavy atom. The molecule has 0 saturated heterocycles. The summed E-state index contributed by atoms with van der Waals surface area (Å²) in [5.41, 5.74) is 2.51. The molecule has 1 aromatic rings. The van der Waals surface area contributed by atoms with E-state index in [0.29, 0.717) is 23.4 Å². The Kier molecular flexibility index (Phi) is 3.42. The predicted octanol–water partition coefficient (Wildman–Crippen LogP) is 2.15. The number of hydrogen-bond acceptors (Lipinski definition) is 3. The van der Waals surface area contributed by atoms with Gasteiger partial charge in [-0.05, 0) is 19.4 Å². The highest BCUT2D eigenvalue weighted by Gasteiger charge is 2.22. The van der Waals surface area contributed by atoms with Crippen LogP contribution >= 0.6 is 0 Å². The molecule has 0 heterocycles. The van der Waals surface area contributed by atoms with Crippen LogP contribution in [0.4, 0.5) is 0 Å². The number of benzene rings is 1. The minimum absolute atomic E-state index is 0.0944. The number of hydrogen-bond donors (Lipinski definition) is 1. The molecule has 0 amide bonds. The van der Waals surface area contributed by atoms with Gasteiger partial charge in [-0.25, -0.2) is 0 Å². The van der Waals surface area contributed by atoms with Crippen LogP contribution < -0.4 is 5.32 Å². The zero-order valence-electron chi connectivity index (χ0n) is 10.5. The Hall–Kier alpha value is -2.16. The van der Waals surface area contributed by atoms with Gasteiger partial charge in [0, 0.05) is 23.8 Å². The predicted molar refractivity (Wildman–Crippen MR) is 69.8 cm³/mol. The van der Waals surface area contributed by atoms with E-state index in [-0.39, 0.29) is 11.6 Å². The van der Waals surface area contributed by atoms with Crippen LogP contribution in [0.1, 0.15) is 19.4 Å². The molecule has 0 fully saturated rings. The van der Waals surface area contributed by atoms with Gasteiger partial charge in [-0.15, -0.1) is 0 Å². The Bertz CT molecular complexity index is 553. The van der Waals surface area contributed by atoms with Gasteiger partial charge in [-0.1, -0.05) is 30.3 Å². The van der Waals surface area contributed by atoms with Gasteiger partial charge in [0.15, 0.2) is 5.78 Å². The van der Waals surface area contributed by atoms with E-state index in [2.05, 4.69) is 5.32 Å². The molecule has 3 heteroatoms. The summed E-state index contributed by atoms with van der Waals surface area (Å²) in [6.07, 6.45) is 1.38. The Labute approximate surface area is 106 Å². The number of carbonyl (C=O) groups is 2. The quantitative estimate of drug-likeness (QED) is 0.825. The van der Waals surface area contributed by atoms with Gasteiger partial charge < -0.3 is 5.32 Å². The van der Waals surface area contributed by atoms with Crippen LogP contribution in [-0.4, -0.2) is 11.6 Å². The van der Waals surface area contributed by atoms with E-state index in [1.807, 2.05) is 30.3 Å². The van der Waals surface area contributed by atoms with Gasteiger partial charge in [-0.2, -0.15) is 0 Å². The molecular weight excluding hydrogens is 226 g/mol. The lowest BCUT2D eigenvalue weighted by molar-refractivity contribution is -0.116. The second-order valence-electron chi connectivity index (χ2n) is 4.34. The highest BCUT2D eigenvalue weighted by molar-refractivity contribution is 6.21. The highest BCUT2D eigenvalue weighted by atomic mass is 16.1. The third-order valence-corrected chi connectivity index (χ3v) is 3.12. The molecule has 0 saturated carbocycles. The lowest BCUT2D eigenvalue weighted by Crippen LogP contribution is -2.26. The van der Waals surface area contributed by atoms with Crippen molar-refractivity contribution in [3.8, 4) is 0 Å². The summed E-state index contributed by atoms with van der Waals surface area (Å²) >= 11 is 0. The molecule has 2 rings (SSSR count). The molecule has 0 radical (unpaired) electrons. The molecule has 1 aliphatic rings. The monoisotopic (exact) mass is 241 g/mol. The van der Waals surface area contributed by atoms with Crippen LogP contribution in [0.2, 0.25) is 0 Å². The van der Waals surface area contributed by atoms with Gasteiger partial charge in [0.1, 0.15) is 0 Å². The number of allylic oxidation sites excluding steroid dienone is 3. The Morgan fingerprint density at radius 3 is 2.33 bits per heavy atom. The zero-order chi connectivity index (χ0) is 13.1. The topological polar surface area (TPSA) is 46.2 Å². The van der Waals surface area contributed by atoms with Crippen LogP contribution in [0.25, 0.3) is 0 Å². The largest absolute Gasteiger partial charge is 0.378 e. The molecule has 3 nitrogen and oxygen atoms in total. The number of nitrogens with one attached hydrogen (secondary N) is 1. The first-order chi connectivity index (χ1) is 8.59. The zero-order valence-corrected chi connectivity index (χ0v) is 10.5. The molecular formula is C15H15NO2. The molecule has 0 bridgehead atoms. The third-order valence-electron chi connectivity index (χ3n) is 3.12. The molecule has 18 heavy (non-hydrogen) atoms. The molecule has 1 aliphatic carbocycles. The van der Waals surface area contributed by atoms with Gasteiger partial charge in [0.25, 0.3) is 0 Å². The standard InChI is InChI=1S/C15H15NO2/c1-10-11(2)15(18)13(8-14(10)17)16-9-12-6-4-3-5-7-12/h3-8,16H,9H2,1-2H3. The van der Waals surface area contributed by atoms with Gasteiger partial charge in [0.2, 0.25) is 5.78 Å². The van der Waals surface area contributed by atoms with Gasteiger partial charge in [0.05, 0.1) is 5.70 Å². The van der Waals surface area contributed by atoms with Crippen molar-refractivity contribution in [2.75, 3.05) is 0 Å². The first-order valence-corrected chi connectivity index (χ1v) is 5.85. The number of carbonyl (C=O) groups excluding carboxylic acids is 2. The maximum atomic E-state index is 12.0. The van der Waals surface area contributed by atoms with Crippen molar-refractivity contribution in [1.82, 2.24) is 5.32 Å².